The Labute approximate surface area is 146 Å². The van der Waals surface area contributed by atoms with Crippen molar-refractivity contribution in [3.05, 3.63) is 0 Å². The zero-order valence-corrected chi connectivity index (χ0v) is 15.1. The number of halogens is 1. The summed E-state index contributed by atoms with van der Waals surface area (Å²) in [5, 5.41) is 3.03. The molecule has 0 bridgehead atoms. The summed E-state index contributed by atoms with van der Waals surface area (Å²) in [5.74, 6) is 0.631. The van der Waals surface area contributed by atoms with Crippen LogP contribution >= 0.6 is 12.4 Å². The molecule has 1 saturated heterocycles. The van der Waals surface area contributed by atoms with E-state index in [0.717, 1.165) is 64.6 Å². The molecule has 0 aromatic rings. The molecule has 23 heavy (non-hydrogen) atoms. The van der Waals surface area contributed by atoms with E-state index in [-0.39, 0.29) is 42.1 Å². The average Bonchev–Trinajstić information content (AvgIpc) is 2.97. The Morgan fingerprint density at radius 3 is 2.35 bits per heavy atom. The fourth-order valence-electron chi connectivity index (χ4n) is 3.59. The minimum atomic E-state index is 0. The van der Waals surface area contributed by atoms with Crippen LogP contribution in [0.15, 0.2) is 0 Å². The Balaban J connectivity index is 0.00000264. The summed E-state index contributed by atoms with van der Waals surface area (Å²) in [7, 11) is 0. The lowest BCUT2D eigenvalue weighted by molar-refractivity contribution is -0.139. The van der Waals surface area contributed by atoms with E-state index < -0.39 is 0 Å². The van der Waals surface area contributed by atoms with E-state index in [4.69, 9.17) is 5.73 Å². The highest BCUT2D eigenvalue weighted by Gasteiger charge is 2.33. The van der Waals surface area contributed by atoms with Gasteiger partial charge in [0, 0.05) is 37.5 Å². The molecule has 1 saturated carbocycles. The van der Waals surface area contributed by atoms with E-state index in [2.05, 4.69) is 12.2 Å². The molecular formula is C17H32ClN3O2. The standard InChI is InChI=1S/C17H31N3O2.ClH/c1-2-3-4-9-19-16(21)13-7-10-20(11-8-13)17(22)14-5-6-15(18)12-14;/h13-15H,2-12,18H2,1H3,(H,19,21);1H. The number of rotatable bonds is 6. The summed E-state index contributed by atoms with van der Waals surface area (Å²) < 4.78 is 0. The molecule has 6 heteroatoms. The van der Waals surface area contributed by atoms with Crippen LogP contribution in [0.3, 0.4) is 0 Å². The Morgan fingerprint density at radius 2 is 1.78 bits per heavy atom. The van der Waals surface area contributed by atoms with Crippen molar-refractivity contribution in [3.63, 3.8) is 0 Å². The van der Waals surface area contributed by atoms with Crippen LogP contribution < -0.4 is 11.1 Å². The lowest BCUT2D eigenvalue weighted by atomic mass is 9.94. The molecule has 2 aliphatic rings. The molecule has 1 aliphatic heterocycles. The van der Waals surface area contributed by atoms with Gasteiger partial charge < -0.3 is 16.0 Å². The van der Waals surface area contributed by atoms with Crippen LogP contribution in [-0.2, 0) is 9.59 Å². The van der Waals surface area contributed by atoms with Crippen molar-refractivity contribution < 1.29 is 9.59 Å². The molecule has 2 amide bonds. The van der Waals surface area contributed by atoms with Gasteiger partial charge in [-0.25, -0.2) is 0 Å². The number of nitrogens with zero attached hydrogens (tertiary/aromatic N) is 1. The van der Waals surface area contributed by atoms with Crippen molar-refractivity contribution in [2.24, 2.45) is 17.6 Å². The first-order valence-electron chi connectivity index (χ1n) is 8.94. The third-order valence-corrected chi connectivity index (χ3v) is 5.08. The molecule has 0 spiro atoms. The fraction of sp³-hybridized carbons (Fsp3) is 0.882. The summed E-state index contributed by atoms with van der Waals surface area (Å²) in [4.78, 5) is 26.5. The maximum Gasteiger partial charge on any atom is 0.225 e. The number of likely N-dealkylation sites (tertiary alicyclic amines) is 1. The monoisotopic (exact) mass is 345 g/mol. The summed E-state index contributed by atoms with van der Waals surface area (Å²) in [6.07, 6.45) is 7.70. The van der Waals surface area contributed by atoms with Crippen LogP contribution in [0.5, 0.6) is 0 Å². The highest BCUT2D eigenvalue weighted by molar-refractivity contribution is 5.85. The summed E-state index contributed by atoms with van der Waals surface area (Å²) >= 11 is 0. The number of hydrogen-bond donors (Lipinski definition) is 2. The van der Waals surface area contributed by atoms with Crippen molar-refractivity contribution in [1.82, 2.24) is 10.2 Å². The second-order valence-corrected chi connectivity index (χ2v) is 6.87. The maximum absolute atomic E-state index is 12.4. The molecule has 0 radical (unpaired) electrons. The fourth-order valence-corrected chi connectivity index (χ4v) is 3.59. The lowest BCUT2D eigenvalue weighted by Crippen LogP contribution is -2.45. The van der Waals surface area contributed by atoms with Gasteiger partial charge in [0.2, 0.25) is 11.8 Å². The van der Waals surface area contributed by atoms with Gasteiger partial charge in [0.25, 0.3) is 0 Å². The van der Waals surface area contributed by atoms with Crippen LogP contribution in [0.2, 0.25) is 0 Å². The van der Waals surface area contributed by atoms with Crippen molar-refractivity contribution in [1.29, 1.82) is 0 Å². The predicted octanol–water partition coefficient (Wildman–Crippen LogP) is 2.08. The van der Waals surface area contributed by atoms with Gasteiger partial charge in [0.15, 0.2) is 0 Å². The Bertz CT molecular complexity index is 384. The molecule has 2 rings (SSSR count). The van der Waals surface area contributed by atoms with Gasteiger partial charge in [-0.15, -0.1) is 12.4 Å². The molecule has 5 nitrogen and oxygen atoms in total. The first-order chi connectivity index (χ1) is 10.6. The van der Waals surface area contributed by atoms with E-state index in [1.807, 2.05) is 4.90 Å². The lowest BCUT2D eigenvalue weighted by Gasteiger charge is -2.33. The number of nitrogens with two attached hydrogens (primary N) is 1. The van der Waals surface area contributed by atoms with Crippen molar-refractivity contribution in [2.45, 2.75) is 64.3 Å². The van der Waals surface area contributed by atoms with Crippen LogP contribution in [0.1, 0.15) is 58.3 Å². The molecule has 0 aromatic heterocycles. The van der Waals surface area contributed by atoms with Crippen molar-refractivity contribution in [2.75, 3.05) is 19.6 Å². The number of unbranched alkanes of at least 4 members (excludes halogenated alkanes) is 2. The molecular weight excluding hydrogens is 314 g/mol. The average molecular weight is 346 g/mol. The summed E-state index contributed by atoms with van der Waals surface area (Å²) in [6.45, 7) is 4.38. The molecule has 134 valence electrons. The van der Waals surface area contributed by atoms with Gasteiger partial charge in [-0.2, -0.15) is 0 Å². The minimum absolute atomic E-state index is 0. The van der Waals surface area contributed by atoms with Gasteiger partial charge >= 0.3 is 0 Å². The SMILES string of the molecule is CCCCCNC(=O)C1CCN(C(=O)C2CCC(N)C2)CC1.Cl. The first-order valence-corrected chi connectivity index (χ1v) is 8.94. The number of amides is 2. The zero-order valence-electron chi connectivity index (χ0n) is 14.3. The van der Waals surface area contributed by atoms with E-state index in [1.54, 1.807) is 0 Å². The van der Waals surface area contributed by atoms with Gasteiger partial charge in [-0.05, 0) is 38.5 Å². The number of nitrogens with one attached hydrogen (secondary N) is 1. The van der Waals surface area contributed by atoms with Gasteiger partial charge in [0.05, 0.1) is 0 Å². The molecule has 0 aromatic carbocycles. The largest absolute Gasteiger partial charge is 0.356 e. The number of carbonyl (C=O) groups excluding carboxylic acids is 2. The highest BCUT2D eigenvalue weighted by atomic mass is 35.5. The van der Waals surface area contributed by atoms with E-state index in [1.165, 1.54) is 6.42 Å². The predicted molar refractivity (Wildman–Crippen MR) is 94.4 cm³/mol. The number of carbonyl (C=O) groups is 2. The maximum atomic E-state index is 12.4. The topological polar surface area (TPSA) is 75.4 Å². The molecule has 1 aliphatic carbocycles. The Morgan fingerprint density at radius 1 is 1.09 bits per heavy atom. The minimum Gasteiger partial charge on any atom is -0.356 e. The van der Waals surface area contributed by atoms with E-state index >= 15 is 0 Å². The highest BCUT2D eigenvalue weighted by Crippen LogP contribution is 2.28. The van der Waals surface area contributed by atoms with Crippen LogP contribution in [-0.4, -0.2) is 42.4 Å². The normalized spacial score (nSPS) is 25.0. The van der Waals surface area contributed by atoms with E-state index in [9.17, 15) is 9.59 Å². The van der Waals surface area contributed by atoms with E-state index in [0.29, 0.717) is 0 Å². The molecule has 2 atom stereocenters. The molecule has 2 fully saturated rings. The third kappa shape index (κ3) is 5.96. The van der Waals surface area contributed by atoms with Crippen LogP contribution in [0, 0.1) is 11.8 Å². The third-order valence-electron chi connectivity index (χ3n) is 5.08. The van der Waals surface area contributed by atoms with Gasteiger partial charge in [0.1, 0.15) is 0 Å². The van der Waals surface area contributed by atoms with Crippen molar-refractivity contribution in [3.8, 4) is 0 Å². The first kappa shape index (κ1) is 20.2. The molecule has 3 N–H and O–H groups in total. The Hall–Kier alpha value is -0.810. The number of piperidine rings is 1. The molecule has 2 unspecified atom stereocenters. The smallest absolute Gasteiger partial charge is 0.225 e. The number of hydrogen-bond acceptors (Lipinski definition) is 3. The molecule has 1 heterocycles. The van der Waals surface area contributed by atoms with Gasteiger partial charge in [-0.1, -0.05) is 19.8 Å². The summed E-state index contributed by atoms with van der Waals surface area (Å²) in [5.41, 5.74) is 5.90. The zero-order chi connectivity index (χ0) is 15.9. The quantitative estimate of drug-likeness (QED) is 0.724. The van der Waals surface area contributed by atoms with Crippen LogP contribution in [0.4, 0.5) is 0 Å². The van der Waals surface area contributed by atoms with Crippen molar-refractivity contribution >= 4 is 24.2 Å². The Kier molecular flexibility index (Phi) is 8.92. The second-order valence-electron chi connectivity index (χ2n) is 6.87. The van der Waals surface area contributed by atoms with Crippen LogP contribution in [0.25, 0.3) is 0 Å². The summed E-state index contributed by atoms with van der Waals surface area (Å²) in [6, 6.07) is 0.195. The van der Waals surface area contributed by atoms with Gasteiger partial charge in [-0.3, -0.25) is 9.59 Å². The second kappa shape index (κ2) is 10.1.